The van der Waals surface area contributed by atoms with Crippen molar-refractivity contribution >= 4 is 16.2 Å². The third-order valence-electron chi connectivity index (χ3n) is 3.78. The maximum Gasteiger partial charge on any atom is 0.280 e. The van der Waals surface area contributed by atoms with Gasteiger partial charge in [0.25, 0.3) is 10.0 Å². The molecule has 29 heavy (non-hydrogen) atoms. The van der Waals surface area contributed by atoms with Crippen LogP contribution >= 0.6 is 0 Å². The average molecular weight is 423 g/mol. The number of nitrogens with zero attached hydrogens (tertiary/aromatic N) is 1. The van der Waals surface area contributed by atoms with E-state index in [0.717, 1.165) is 6.42 Å². The zero-order valence-electron chi connectivity index (χ0n) is 17.0. The van der Waals surface area contributed by atoms with E-state index in [1.54, 1.807) is 24.3 Å². The lowest BCUT2D eigenvalue weighted by Gasteiger charge is -2.12. The van der Waals surface area contributed by atoms with Crippen molar-refractivity contribution in [1.29, 1.82) is 0 Å². The number of ether oxygens (including phenoxy) is 4. The van der Waals surface area contributed by atoms with Crippen LogP contribution in [-0.4, -0.2) is 42.1 Å². The van der Waals surface area contributed by atoms with Gasteiger partial charge in [0, 0.05) is 6.07 Å². The summed E-state index contributed by atoms with van der Waals surface area (Å²) in [6.45, 7) is 4.95. The molecule has 0 aliphatic heterocycles. The van der Waals surface area contributed by atoms with Crippen LogP contribution < -0.4 is 23.8 Å². The quantitative estimate of drug-likeness (QED) is 0.441. The van der Waals surface area contributed by atoms with Gasteiger partial charge in [-0.1, -0.05) is 6.92 Å². The Hall–Kier alpha value is -2.94. The van der Waals surface area contributed by atoms with Gasteiger partial charge < -0.3 is 18.9 Å². The van der Waals surface area contributed by atoms with Gasteiger partial charge in [0.05, 0.1) is 33.6 Å². The maximum absolute atomic E-state index is 12.6. The van der Waals surface area contributed by atoms with Crippen molar-refractivity contribution in [3.63, 3.8) is 0 Å². The van der Waals surface area contributed by atoms with E-state index in [0.29, 0.717) is 36.0 Å². The number of nitrogens with one attached hydrogen (secondary N) is 1. The zero-order chi connectivity index (χ0) is 21.3. The molecule has 8 nitrogen and oxygen atoms in total. The number of hydrogen-bond donors (Lipinski definition) is 1. The molecule has 0 unspecified atom stereocenters. The molecule has 2 aromatic rings. The molecule has 9 heteroatoms. The first-order valence-electron chi connectivity index (χ1n) is 9.11. The van der Waals surface area contributed by atoms with E-state index in [1.807, 2.05) is 13.8 Å². The van der Waals surface area contributed by atoms with Crippen molar-refractivity contribution in [3.8, 4) is 23.0 Å². The Morgan fingerprint density at radius 1 is 0.966 bits per heavy atom. The van der Waals surface area contributed by atoms with Gasteiger partial charge in [0.2, 0.25) is 0 Å². The first-order valence-corrected chi connectivity index (χ1v) is 10.6. The van der Waals surface area contributed by atoms with Crippen LogP contribution in [0.25, 0.3) is 0 Å². The summed E-state index contributed by atoms with van der Waals surface area (Å²) in [5, 5.41) is 3.86. The molecule has 0 radical (unpaired) electrons. The number of sulfonamides is 1. The Morgan fingerprint density at radius 2 is 1.72 bits per heavy atom. The van der Waals surface area contributed by atoms with Crippen molar-refractivity contribution in [2.24, 2.45) is 5.10 Å². The van der Waals surface area contributed by atoms with Crippen LogP contribution in [0.4, 0.5) is 0 Å². The van der Waals surface area contributed by atoms with Gasteiger partial charge in [-0.3, -0.25) is 0 Å². The first-order chi connectivity index (χ1) is 13.9. The van der Waals surface area contributed by atoms with E-state index in [-0.39, 0.29) is 10.6 Å². The highest BCUT2D eigenvalue weighted by Gasteiger charge is 2.20. The highest BCUT2D eigenvalue weighted by atomic mass is 32.2. The number of hydrogen-bond acceptors (Lipinski definition) is 7. The van der Waals surface area contributed by atoms with E-state index in [4.69, 9.17) is 18.9 Å². The summed E-state index contributed by atoms with van der Waals surface area (Å²) in [7, 11) is -1.11. The molecule has 0 aliphatic carbocycles. The maximum atomic E-state index is 12.6. The summed E-state index contributed by atoms with van der Waals surface area (Å²) in [6, 6.07) is 9.75. The Morgan fingerprint density at radius 3 is 2.38 bits per heavy atom. The van der Waals surface area contributed by atoms with E-state index >= 15 is 0 Å². The van der Waals surface area contributed by atoms with Crippen LogP contribution in [0.3, 0.4) is 0 Å². The minimum atomic E-state index is -3.96. The van der Waals surface area contributed by atoms with Crippen LogP contribution in [-0.2, 0) is 10.0 Å². The molecular formula is C20H26N2O6S. The van der Waals surface area contributed by atoms with Gasteiger partial charge in [-0.25, -0.2) is 0 Å². The van der Waals surface area contributed by atoms with Gasteiger partial charge in [0.15, 0.2) is 11.5 Å². The van der Waals surface area contributed by atoms with Crippen LogP contribution in [0.2, 0.25) is 0 Å². The Balaban J connectivity index is 2.21. The molecule has 1 N–H and O–H groups in total. The highest BCUT2D eigenvalue weighted by Crippen LogP contribution is 2.29. The number of methoxy groups -OCH3 is 2. The van der Waals surface area contributed by atoms with Gasteiger partial charge in [-0.2, -0.15) is 18.4 Å². The van der Waals surface area contributed by atoms with Crippen LogP contribution in [0.15, 0.2) is 46.4 Å². The molecule has 0 amide bonds. The third-order valence-corrected chi connectivity index (χ3v) is 5.02. The number of hydrazone groups is 1. The van der Waals surface area contributed by atoms with Crippen molar-refractivity contribution in [1.82, 2.24) is 4.83 Å². The fourth-order valence-corrected chi connectivity index (χ4v) is 3.40. The normalized spacial score (nSPS) is 11.3. The molecule has 0 saturated heterocycles. The third kappa shape index (κ3) is 6.02. The lowest BCUT2D eigenvalue weighted by Crippen LogP contribution is -2.19. The van der Waals surface area contributed by atoms with Crippen molar-refractivity contribution in [2.45, 2.75) is 25.2 Å². The molecule has 0 spiro atoms. The Kier molecular flexibility index (Phi) is 8.14. The number of benzene rings is 2. The number of rotatable bonds is 11. The summed E-state index contributed by atoms with van der Waals surface area (Å²) >= 11 is 0. The summed E-state index contributed by atoms with van der Waals surface area (Å²) in [5.41, 5.74) is 0.651. The molecule has 0 atom stereocenters. The van der Waals surface area contributed by atoms with Crippen molar-refractivity contribution in [2.75, 3.05) is 27.4 Å². The standard InChI is InChI=1S/C20H26N2O6S/c1-5-11-28-17-9-7-15(12-19(17)27-6-2)14-21-22-29(23,24)20-13-16(25-3)8-10-18(20)26-4/h7-10,12-14,22H,5-6,11H2,1-4H3/b21-14+. The molecule has 0 heterocycles. The summed E-state index contributed by atoms with van der Waals surface area (Å²) < 4.78 is 46.7. The fraction of sp³-hybridized carbons (Fsp3) is 0.350. The van der Waals surface area contributed by atoms with Crippen molar-refractivity contribution in [3.05, 3.63) is 42.0 Å². The largest absolute Gasteiger partial charge is 0.497 e. The van der Waals surface area contributed by atoms with Crippen molar-refractivity contribution < 1.29 is 27.4 Å². The average Bonchev–Trinajstić information content (AvgIpc) is 2.72. The second kappa shape index (κ2) is 10.6. The van der Waals surface area contributed by atoms with Gasteiger partial charge in [0.1, 0.15) is 16.4 Å². The predicted octanol–water partition coefficient (Wildman–Crippen LogP) is 3.20. The van der Waals surface area contributed by atoms with Crippen LogP contribution in [0.1, 0.15) is 25.8 Å². The second-order valence-corrected chi connectivity index (χ2v) is 7.49. The molecule has 0 fully saturated rings. The SMILES string of the molecule is CCCOc1ccc(/C=N/NS(=O)(=O)c2cc(OC)ccc2OC)cc1OCC. The van der Waals surface area contributed by atoms with Crippen LogP contribution in [0, 0.1) is 0 Å². The molecule has 0 aliphatic rings. The van der Waals surface area contributed by atoms with Gasteiger partial charge >= 0.3 is 0 Å². The Bertz CT molecular complexity index is 944. The van der Waals surface area contributed by atoms with E-state index in [1.165, 1.54) is 32.6 Å². The minimum Gasteiger partial charge on any atom is -0.497 e. The monoisotopic (exact) mass is 422 g/mol. The molecule has 158 valence electrons. The smallest absolute Gasteiger partial charge is 0.280 e. The van der Waals surface area contributed by atoms with Crippen LogP contribution in [0.5, 0.6) is 23.0 Å². The Labute approximate surface area is 171 Å². The molecule has 2 aromatic carbocycles. The molecule has 0 bridgehead atoms. The second-order valence-electron chi connectivity index (χ2n) is 5.86. The molecular weight excluding hydrogens is 396 g/mol. The lowest BCUT2D eigenvalue weighted by molar-refractivity contribution is 0.277. The summed E-state index contributed by atoms with van der Waals surface area (Å²) in [4.78, 5) is 2.11. The molecule has 0 aromatic heterocycles. The summed E-state index contributed by atoms with van der Waals surface area (Å²) in [5.74, 6) is 1.78. The molecule has 2 rings (SSSR count). The highest BCUT2D eigenvalue weighted by molar-refractivity contribution is 7.89. The first kappa shape index (κ1) is 22.4. The molecule has 0 saturated carbocycles. The zero-order valence-corrected chi connectivity index (χ0v) is 17.8. The minimum absolute atomic E-state index is 0.0742. The topological polar surface area (TPSA) is 95.5 Å². The van der Waals surface area contributed by atoms with E-state index < -0.39 is 10.0 Å². The lowest BCUT2D eigenvalue weighted by atomic mass is 10.2. The fourth-order valence-electron chi connectivity index (χ4n) is 2.42. The van der Waals surface area contributed by atoms with E-state index in [9.17, 15) is 8.42 Å². The predicted molar refractivity (Wildman–Crippen MR) is 111 cm³/mol. The van der Waals surface area contributed by atoms with E-state index in [2.05, 4.69) is 9.93 Å². The summed E-state index contributed by atoms with van der Waals surface area (Å²) in [6.07, 6.45) is 2.26. The van der Waals surface area contributed by atoms with Gasteiger partial charge in [-0.15, -0.1) is 0 Å². The van der Waals surface area contributed by atoms with Gasteiger partial charge in [-0.05, 0) is 49.2 Å².